The highest BCUT2D eigenvalue weighted by Crippen LogP contribution is 2.30. The van der Waals surface area contributed by atoms with Crippen molar-refractivity contribution in [2.24, 2.45) is 0 Å². The number of aromatic nitrogens is 2. The number of halogens is 1. The van der Waals surface area contributed by atoms with Gasteiger partial charge in [-0.2, -0.15) is 4.98 Å². The molecule has 0 bridgehead atoms. The number of hydrogen-bond acceptors (Lipinski definition) is 5. The van der Waals surface area contributed by atoms with Crippen LogP contribution < -0.4 is 4.90 Å². The van der Waals surface area contributed by atoms with Crippen molar-refractivity contribution in [3.63, 3.8) is 0 Å². The first kappa shape index (κ1) is 14.2. The molecule has 0 aliphatic carbocycles. The summed E-state index contributed by atoms with van der Waals surface area (Å²) in [4.78, 5) is 19.7. The van der Waals surface area contributed by atoms with Crippen molar-refractivity contribution in [3.8, 4) is 0 Å². The Morgan fingerprint density at radius 3 is 2.55 bits per heavy atom. The Labute approximate surface area is 121 Å². The van der Waals surface area contributed by atoms with Gasteiger partial charge in [-0.05, 0) is 35.7 Å². The van der Waals surface area contributed by atoms with E-state index < -0.39 is 4.92 Å². The fourth-order valence-electron chi connectivity index (χ4n) is 1.80. The molecular weight excluding hydrogens is 280 g/mol. The van der Waals surface area contributed by atoms with Crippen LogP contribution in [0.5, 0.6) is 0 Å². The Balaban J connectivity index is 2.43. The average Bonchev–Trinajstić information content (AvgIpc) is 2.46. The van der Waals surface area contributed by atoms with Crippen LogP contribution in [0.3, 0.4) is 0 Å². The molecular formula is C13H13ClN4O2. The first-order chi connectivity index (χ1) is 9.52. The Morgan fingerprint density at radius 1 is 1.35 bits per heavy atom. The third kappa shape index (κ3) is 2.85. The second-order valence-corrected chi connectivity index (χ2v) is 4.52. The van der Waals surface area contributed by atoms with Crippen LogP contribution in [0.4, 0.5) is 17.2 Å². The van der Waals surface area contributed by atoms with Crippen molar-refractivity contribution >= 4 is 28.8 Å². The zero-order chi connectivity index (χ0) is 14.7. The monoisotopic (exact) mass is 292 g/mol. The van der Waals surface area contributed by atoms with Gasteiger partial charge in [0.25, 0.3) is 0 Å². The predicted octanol–water partition coefficient (Wildman–Crippen LogP) is 3.37. The molecule has 0 atom stereocenters. The Bertz CT molecular complexity index is 631. The summed E-state index contributed by atoms with van der Waals surface area (Å²) in [5.41, 5.74) is 1.80. The van der Waals surface area contributed by atoms with E-state index in [9.17, 15) is 10.1 Å². The first-order valence-electron chi connectivity index (χ1n) is 6.02. The Morgan fingerprint density at radius 2 is 2.00 bits per heavy atom. The van der Waals surface area contributed by atoms with Gasteiger partial charge in [0, 0.05) is 12.7 Å². The van der Waals surface area contributed by atoms with Crippen molar-refractivity contribution in [2.45, 2.75) is 13.3 Å². The minimum Gasteiger partial charge on any atom is -0.324 e. The van der Waals surface area contributed by atoms with Gasteiger partial charge in [-0.15, -0.1) is 0 Å². The van der Waals surface area contributed by atoms with Gasteiger partial charge in [-0.3, -0.25) is 10.1 Å². The lowest BCUT2D eigenvalue weighted by molar-refractivity contribution is -0.384. The molecule has 1 aromatic heterocycles. The van der Waals surface area contributed by atoms with Crippen LogP contribution in [0.1, 0.15) is 12.5 Å². The van der Waals surface area contributed by atoms with Crippen LogP contribution in [0.15, 0.2) is 30.5 Å². The fourth-order valence-corrected chi connectivity index (χ4v) is 1.93. The first-order valence-corrected chi connectivity index (χ1v) is 6.40. The molecule has 0 radical (unpaired) electrons. The van der Waals surface area contributed by atoms with Crippen molar-refractivity contribution in [1.82, 2.24) is 9.97 Å². The van der Waals surface area contributed by atoms with Crippen LogP contribution in [0.25, 0.3) is 0 Å². The van der Waals surface area contributed by atoms with Crippen LogP contribution >= 0.6 is 11.6 Å². The minimum atomic E-state index is -0.525. The SMILES string of the molecule is CCc1ccc(N(C)c2nc(Cl)ncc2[N+](=O)[O-])cc1. The van der Waals surface area contributed by atoms with E-state index in [4.69, 9.17) is 11.6 Å². The van der Waals surface area contributed by atoms with Crippen molar-refractivity contribution in [2.75, 3.05) is 11.9 Å². The number of aryl methyl sites for hydroxylation is 1. The Hall–Kier alpha value is -2.21. The fraction of sp³-hybridized carbons (Fsp3) is 0.231. The quantitative estimate of drug-likeness (QED) is 0.491. The molecule has 0 unspecified atom stereocenters. The molecule has 0 aliphatic heterocycles. The lowest BCUT2D eigenvalue weighted by atomic mass is 10.1. The van der Waals surface area contributed by atoms with E-state index >= 15 is 0 Å². The molecule has 1 heterocycles. The summed E-state index contributed by atoms with van der Waals surface area (Å²) in [7, 11) is 1.70. The van der Waals surface area contributed by atoms with Gasteiger partial charge < -0.3 is 4.90 Å². The highest BCUT2D eigenvalue weighted by atomic mass is 35.5. The van der Waals surface area contributed by atoms with E-state index in [-0.39, 0.29) is 16.8 Å². The molecule has 0 spiro atoms. The second-order valence-electron chi connectivity index (χ2n) is 4.18. The number of anilines is 2. The molecule has 2 rings (SSSR count). The van der Waals surface area contributed by atoms with E-state index in [1.54, 1.807) is 11.9 Å². The summed E-state index contributed by atoms with van der Waals surface area (Å²) in [6, 6.07) is 7.72. The second kappa shape index (κ2) is 5.83. The minimum absolute atomic E-state index is 0.0253. The lowest BCUT2D eigenvalue weighted by Crippen LogP contribution is -2.14. The molecule has 0 aliphatic rings. The molecule has 0 N–H and O–H groups in total. The summed E-state index contributed by atoms with van der Waals surface area (Å²) < 4.78 is 0. The van der Waals surface area contributed by atoms with Crippen LogP contribution in [-0.4, -0.2) is 21.9 Å². The van der Waals surface area contributed by atoms with E-state index in [1.807, 2.05) is 24.3 Å². The molecule has 6 nitrogen and oxygen atoms in total. The third-order valence-electron chi connectivity index (χ3n) is 2.97. The molecule has 0 amide bonds. The van der Waals surface area contributed by atoms with Gasteiger partial charge in [0.05, 0.1) is 4.92 Å². The molecule has 1 aromatic carbocycles. The zero-order valence-electron chi connectivity index (χ0n) is 11.1. The number of hydrogen-bond donors (Lipinski definition) is 0. The van der Waals surface area contributed by atoms with E-state index in [0.717, 1.165) is 18.3 Å². The topological polar surface area (TPSA) is 72.2 Å². The van der Waals surface area contributed by atoms with Crippen molar-refractivity contribution in [3.05, 3.63) is 51.4 Å². The summed E-state index contributed by atoms with van der Waals surface area (Å²) in [5, 5.41) is 11.0. The molecule has 20 heavy (non-hydrogen) atoms. The maximum Gasteiger partial charge on any atom is 0.330 e. The smallest absolute Gasteiger partial charge is 0.324 e. The third-order valence-corrected chi connectivity index (χ3v) is 3.15. The lowest BCUT2D eigenvalue weighted by Gasteiger charge is -2.18. The normalized spacial score (nSPS) is 10.3. The number of benzene rings is 1. The molecule has 0 fully saturated rings. The van der Waals surface area contributed by atoms with Gasteiger partial charge >= 0.3 is 5.69 Å². The van der Waals surface area contributed by atoms with Crippen molar-refractivity contribution in [1.29, 1.82) is 0 Å². The summed E-state index contributed by atoms with van der Waals surface area (Å²) in [6.07, 6.45) is 2.05. The predicted molar refractivity (Wildman–Crippen MR) is 77.6 cm³/mol. The van der Waals surface area contributed by atoms with Gasteiger partial charge in [0.15, 0.2) is 0 Å². The van der Waals surface area contributed by atoms with Crippen LogP contribution in [0, 0.1) is 10.1 Å². The van der Waals surface area contributed by atoms with E-state index in [2.05, 4.69) is 16.9 Å². The molecule has 104 valence electrons. The number of nitro groups is 1. The van der Waals surface area contributed by atoms with Gasteiger partial charge in [-0.1, -0.05) is 19.1 Å². The van der Waals surface area contributed by atoms with E-state index in [0.29, 0.717) is 0 Å². The van der Waals surface area contributed by atoms with Crippen LogP contribution in [0.2, 0.25) is 5.28 Å². The largest absolute Gasteiger partial charge is 0.330 e. The summed E-state index contributed by atoms with van der Waals surface area (Å²) in [5.74, 6) is 0.166. The molecule has 7 heteroatoms. The summed E-state index contributed by atoms with van der Waals surface area (Å²) in [6.45, 7) is 2.06. The maximum atomic E-state index is 11.0. The average molecular weight is 293 g/mol. The maximum absolute atomic E-state index is 11.0. The highest BCUT2D eigenvalue weighted by Gasteiger charge is 2.21. The van der Waals surface area contributed by atoms with Crippen molar-refractivity contribution < 1.29 is 4.92 Å². The van der Waals surface area contributed by atoms with E-state index in [1.165, 1.54) is 5.56 Å². The Kier molecular flexibility index (Phi) is 4.14. The summed E-state index contributed by atoms with van der Waals surface area (Å²) >= 11 is 5.73. The number of rotatable bonds is 4. The number of nitrogens with zero attached hydrogens (tertiary/aromatic N) is 4. The van der Waals surface area contributed by atoms with Gasteiger partial charge in [0.1, 0.15) is 6.20 Å². The van der Waals surface area contributed by atoms with Gasteiger partial charge in [-0.25, -0.2) is 4.98 Å². The molecule has 2 aromatic rings. The molecule has 0 saturated carbocycles. The molecule has 0 saturated heterocycles. The van der Waals surface area contributed by atoms with Crippen LogP contribution in [-0.2, 0) is 6.42 Å². The standard InChI is InChI=1S/C13H13ClN4O2/c1-3-9-4-6-10(7-5-9)17(2)12-11(18(19)20)8-15-13(14)16-12/h4-8H,3H2,1-2H3. The van der Waals surface area contributed by atoms with Gasteiger partial charge in [0.2, 0.25) is 11.1 Å². The highest BCUT2D eigenvalue weighted by molar-refractivity contribution is 6.28. The zero-order valence-corrected chi connectivity index (χ0v) is 11.8.